The van der Waals surface area contributed by atoms with Crippen molar-refractivity contribution >= 4 is 35.0 Å². The van der Waals surface area contributed by atoms with Gasteiger partial charge in [-0.1, -0.05) is 0 Å². The van der Waals surface area contributed by atoms with Crippen molar-refractivity contribution < 1.29 is 14.0 Å². The molecule has 1 aliphatic heterocycles. The van der Waals surface area contributed by atoms with Gasteiger partial charge in [-0.15, -0.1) is 23.2 Å². The van der Waals surface area contributed by atoms with Crippen molar-refractivity contribution in [2.24, 2.45) is 11.3 Å². The van der Waals surface area contributed by atoms with Crippen LogP contribution in [0.15, 0.2) is 22.8 Å². The number of alkyl halides is 2. The molecule has 1 aromatic rings. The smallest absolute Gasteiger partial charge is 0.231 e. The van der Waals surface area contributed by atoms with E-state index < -0.39 is 9.75 Å². The highest BCUT2D eigenvalue weighted by Crippen LogP contribution is 2.64. The van der Waals surface area contributed by atoms with Crippen LogP contribution in [-0.2, 0) is 16.1 Å². The lowest BCUT2D eigenvalue weighted by Gasteiger charge is -2.33. The molecule has 0 spiro atoms. The predicted molar refractivity (Wildman–Crippen MR) is 87.0 cm³/mol. The van der Waals surface area contributed by atoms with Crippen LogP contribution in [0.4, 0.5) is 0 Å². The van der Waals surface area contributed by atoms with Gasteiger partial charge < -0.3 is 14.6 Å². The number of piperidine rings is 1. The Morgan fingerprint density at radius 2 is 2.04 bits per heavy atom. The summed E-state index contributed by atoms with van der Waals surface area (Å²) < 4.78 is 4.25. The molecule has 1 saturated heterocycles. The molecule has 23 heavy (non-hydrogen) atoms. The number of hydrogen-bond acceptors (Lipinski definition) is 3. The maximum atomic E-state index is 12.5. The summed E-state index contributed by atoms with van der Waals surface area (Å²) in [6.07, 6.45) is 3.39. The second-order valence-corrected chi connectivity index (χ2v) is 8.06. The summed E-state index contributed by atoms with van der Waals surface area (Å²) in [4.78, 5) is 26.5. The molecule has 2 heterocycles. The van der Waals surface area contributed by atoms with Gasteiger partial charge >= 0.3 is 0 Å². The van der Waals surface area contributed by atoms with Crippen molar-refractivity contribution in [1.29, 1.82) is 0 Å². The van der Waals surface area contributed by atoms with E-state index in [1.165, 1.54) is 0 Å². The van der Waals surface area contributed by atoms with Crippen molar-refractivity contribution in [3.05, 3.63) is 24.2 Å². The van der Waals surface area contributed by atoms with Gasteiger partial charge in [0.2, 0.25) is 11.8 Å². The van der Waals surface area contributed by atoms with E-state index in [0.29, 0.717) is 38.9 Å². The molecule has 0 radical (unpaired) electrons. The second kappa shape index (κ2) is 6.02. The van der Waals surface area contributed by atoms with Crippen LogP contribution in [0.5, 0.6) is 0 Å². The lowest BCUT2D eigenvalue weighted by Crippen LogP contribution is -2.46. The number of rotatable bonds is 4. The molecule has 126 valence electrons. The lowest BCUT2D eigenvalue weighted by molar-refractivity contribution is -0.140. The summed E-state index contributed by atoms with van der Waals surface area (Å²) in [7, 11) is 0. The van der Waals surface area contributed by atoms with Crippen molar-refractivity contribution in [3.63, 3.8) is 0 Å². The first-order chi connectivity index (χ1) is 10.8. The highest BCUT2D eigenvalue weighted by molar-refractivity contribution is 6.53. The summed E-state index contributed by atoms with van der Waals surface area (Å²) in [5.41, 5.74) is -0.676. The molecule has 0 bridgehead atoms. The maximum Gasteiger partial charge on any atom is 0.231 e. The Morgan fingerprint density at radius 1 is 1.39 bits per heavy atom. The summed E-state index contributed by atoms with van der Waals surface area (Å²) in [6.45, 7) is 3.33. The van der Waals surface area contributed by atoms with E-state index in [4.69, 9.17) is 27.6 Å². The van der Waals surface area contributed by atoms with Crippen LogP contribution in [0.2, 0.25) is 0 Å². The van der Waals surface area contributed by atoms with Crippen molar-refractivity contribution in [2.45, 2.75) is 37.1 Å². The Morgan fingerprint density at radius 3 is 2.57 bits per heavy atom. The van der Waals surface area contributed by atoms with Gasteiger partial charge in [0.05, 0.1) is 18.2 Å². The average Bonchev–Trinajstić information content (AvgIpc) is 2.91. The minimum Gasteiger partial charge on any atom is -0.467 e. The van der Waals surface area contributed by atoms with Crippen LogP contribution >= 0.6 is 23.2 Å². The minimum absolute atomic E-state index is 0.00283. The molecule has 3 rings (SSSR count). The highest BCUT2D eigenvalue weighted by atomic mass is 35.5. The van der Waals surface area contributed by atoms with Crippen molar-refractivity contribution in [3.8, 4) is 0 Å². The third kappa shape index (κ3) is 3.22. The standard InChI is InChI=1S/C16H20Cl2N2O3/c1-15(10-16(15,17)18)14(22)20-6-4-11(5-7-20)13(21)19-9-12-3-2-8-23-12/h2-3,8,11H,4-7,9-10H2,1H3,(H,19,21). The molecule has 1 aliphatic carbocycles. The van der Waals surface area contributed by atoms with E-state index in [-0.39, 0.29) is 17.7 Å². The van der Waals surface area contributed by atoms with Crippen LogP contribution in [0.1, 0.15) is 31.9 Å². The van der Waals surface area contributed by atoms with Gasteiger partial charge in [0.1, 0.15) is 10.1 Å². The molecule has 1 N–H and O–H groups in total. The molecular formula is C16H20Cl2N2O3. The van der Waals surface area contributed by atoms with Crippen LogP contribution in [0.25, 0.3) is 0 Å². The predicted octanol–water partition coefficient (Wildman–Crippen LogP) is 2.72. The zero-order chi connectivity index (χ0) is 16.7. The molecule has 1 atom stereocenters. The van der Waals surface area contributed by atoms with Crippen LogP contribution in [-0.4, -0.2) is 34.1 Å². The Labute approximate surface area is 145 Å². The minimum atomic E-state index is -0.943. The van der Waals surface area contributed by atoms with Gasteiger partial charge in [-0.05, 0) is 38.3 Å². The number of amides is 2. The van der Waals surface area contributed by atoms with Crippen LogP contribution in [0.3, 0.4) is 0 Å². The first-order valence-corrected chi connectivity index (χ1v) is 8.56. The molecule has 7 heteroatoms. The van der Waals surface area contributed by atoms with E-state index in [2.05, 4.69) is 5.32 Å². The fourth-order valence-electron chi connectivity index (χ4n) is 3.06. The summed E-state index contributed by atoms with van der Waals surface area (Å²) in [6, 6.07) is 3.61. The van der Waals surface area contributed by atoms with E-state index >= 15 is 0 Å². The third-order valence-corrected chi connectivity index (χ3v) is 6.00. The zero-order valence-corrected chi connectivity index (χ0v) is 14.5. The first kappa shape index (κ1) is 16.7. The number of nitrogens with one attached hydrogen (secondary N) is 1. The lowest BCUT2D eigenvalue weighted by atomic mass is 9.94. The fourth-order valence-corrected chi connectivity index (χ4v) is 3.75. The number of hydrogen-bond donors (Lipinski definition) is 1. The summed E-state index contributed by atoms with van der Waals surface area (Å²) in [5, 5.41) is 2.88. The van der Waals surface area contributed by atoms with Crippen molar-refractivity contribution in [2.75, 3.05) is 13.1 Å². The van der Waals surface area contributed by atoms with Gasteiger partial charge in [-0.3, -0.25) is 9.59 Å². The number of carbonyl (C=O) groups is 2. The Hall–Kier alpha value is -1.20. The summed E-state index contributed by atoms with van der Waals surface area (Å²) in [5.74, 6) is 0.665. The van der Waals surface area contributed by atoms with Crippen LogP contribution in [0, 0.1) is 11.3 Å². The van der Waals surface area contributed by atoms with E-state index in [1.54, 1.807) is 24.2 Å². The molecule has 1 unspecified atom stereocenters. The number of carbonyl (C=O) groups excluding carboxylic acids is 2. The number of furan rings is 1. The van der Waals surface area contributed by atoms with E-state index in [9.17, 15) is 9.59 Å². The topological polar surface area (TPSA) is 62.6 Å². The molecular weight excluding hydrogens is 339 g/mol. The van der Waals surface area contributed by atoms with Gasteiger partial charge in [0.15, 0.2) is 0 Å². The van der Waals surface area contributed by atoms with Gasteiger partial charge in [-0.25, -0.2) is 0 Å². The van der Waals surface area contributed by atoms with Gasteiger partial charge in [0, 0.05) is 19.0 Å². The van der Waals surface area contributed by atoms with Crippen LogP contribution < -0.4 is 5.32 Å². The van der Waals surface area contributed by atoms with Gasteiger partial charge in [-0.2, -0.15) is 0 Å². The first-order valence-electron chi connectivity index (χ1n) is 7.81. The molecule has 1 aromatic heterocycles. The quantitative estimate of drug-likeness (QED) is 0.841. The Kier molecular flexibility index (Phi) is 4.36. The van der Waals surface area contributed by atoms with E-state index in [1.807, 2.05) is 6.07 Å². The zero-order valence-electron chi connectivity index (χ0n) is 13.0. The van der Waals surface area contributed by atoms with Gasteiger partial charge in [0.25, 0.3) is 0 Å². The monoisotopic (exact) mass is 358 g/mol. The van der Waals surface area contributed by atoms with Crippen molar-refractivity contribution in [1.82, 2.24) is 10.2 Å². The molecule has 2 aliphatic rings. The molecule has 5 nitrogen and oxygen atoms in total. The Bertz CT molecular complexity index is 594. The molecule has 0 aromatic carbocycles. The Balaban J connectivity index is 1.47. The number of halogens is 2. The third-order valence-electron chi connectivity index (χ3n) is 4.90. The normalized spacial score (nSPS) is 26.8. The second-order valence-electron chi connectivity index (χ2n) is 6.58. The average molecular weight is 359 g/mol. The maximum absolute atomic E-state index is 12.5. The molecule has 2 amide bonds. The largest absolute Gasteiger partial charge is 0.467 e. The summed E-state index contributed by atoms with van der Waals surface area (Å²) >= 11 is 12.2. The number of nitrogens with zero attached hydrogens (tertiary/aromatic N) is 1. The highest BCUT2D eigenvalue weighted by Gasteiger charge is 2.68. The molecule has 1 saturated carbocycles. The molecule has 2 fully saturated rings. The fraction of sp³-hybridized carbons (Fsp3) is 0.625. The van der Waals surface area contributed by atoms with E-state index in [0.717, 1.165) is 5.76 Å². The SMILES string of the molecule is CC1(C(=O)N2CCC(C(=O)NCc3ccco3)CC2)CC1(Cl)Cl. The number of likely N-dealkylation sites (tertiary alicyclic amines) is 1.